The summed E-state index contributed by atoms with van der Waals surface area (Å²) in [6, 6.07) is 5.69. The van der Waals surface area contributed by atoms with E-state index in [2.05, 4.69) is 0 Å². The predicted octanol–water partition coefficient (Wildman–Crippen LogP) is 0.847. The van der Waals surface area contributed by atoms with Gasteiger partial charge in [-0.05, 0) is 11.6 Å². The summed E-state index contributed by atoms with van der Waals surface area (Å²) >= 11 is 0. The lowest BCUT2D eigenvalue weighted by Crippen LogP contribution is -2.40. The number of halogens is 2. The van der Waals surface area contributed by atoms with Crippen LogP contribution in [0.1, 0.15) is 5.56 Å². The van der Waals surface area contributed by atoms with Gasteiger partial charge in [0.2, 0.25) is 0 Å². The Labute approximate surface area is 151 Å². The average Bonchev–Trinajstić information content (AvgIpc) is 2.81. The molecule has 0 bridgehead atoms. The van der Waals surface area contributed by atoms with Crippen molar-refractivity contribution < 1.29 is 19.4 Å². The minimum Gasteiger partial charge on any atom is -0.480 e. The van der Waals surface area contributed by atoms with Crippen LogP contribution in [0.3, 0.4) is 0 Å². The molecule has 5 N–H and O–H groups in total. The zero-order chi connectivity index (χ0) is 16.3. The lowest BCUT2D eigenvalue weighted by atomic mass is 10.1. The Morgan fingerprint density at radius 1 is 1.21 bits per heavy atom. The second-order valence-electron chi connectivity index (χ2n) is 5.17. The van der Waals surface area contributed by atoms with E-state index < -0.39 is 30.6 Å². The van der Waals surface area contributed by atoms with Crippen molar-refractivity contribution >= 4 is 47.7 Å². The van der Waals surface area contributed by atoms with Crippen LogP contribution in [0.15, 0.2) is 30.5 Å². The molecule has 1 heterocycles. The lowest BCUT2D eigenvalue weighted by Gasteiger charge is -2.12. The zero-order valence-electron chi connectivity index (χ0n) is 13.0. The minimum absolute atomic E-state index is 0. The number of hydrogen-bond donors (Lipinski definition) is 3. The van der Waals surface area contributed by atoms with Gasteiger partial charge in [-0.1, -0.05) is 18.2 Å². The molecule has 0 radical (unpaired) electrons. The number of benzene rings is 1. The molecule has 0 aliphatic carbocycles. The summed E-state index contributed by atoms with van der Waals surface area (Å²) in [7, 11) is 1.92. The Kier molecular flexibility index (Phi) is 8.77. The number of nitrogens with two attached hydrogens (primary N) is 2. The van der Waals surface area contributed by atoms with Crippen molar-refractivity contribution in [3.63, 3.8) is 0 Å². The first-order valence-electron chi connectivity index (χ1n) is 6.83. The normalized spacial score (nSPS) is 12.6. The zero-order valence-corrected chi connectivity index (χ0v) is 14.7. The highest BCUT2D eigenvalue weighted by Crippen LogP contribution is 2.21. The van der Waals surface area contributed by atoms with Crippen LogP contribution in [0.4, 0.5) is 0 Å². The van der Waals surface area contributed by atoms with Crippen molar-refractivity contribution in [1.29, 1.82) is 0 Å². The van der Waals surface area contributed by atoms with E-state index in [1.54, 1.807) is 0 Å². The summed E-state index contributed by atoms with van der Waals surface area (Å²) in [6.45, 7) is -0.391. The Morgan fingerprint density at radius 2 is 1.83 bits per heavy atom. The molecule has 2 rings (SSSR count). The van der Waals surface area contributed by atoms with E-state index in [9.17, 15) is 9.59 Å². The van der Waals surface area contributed by atoms with Crippen LogP contribution in [0.25, 0.3) is 10.9 Å². The standard InChI is InChI=1S/C15H19N3O4.2ClH/c1-18-7-9(10-4-2-3-5-13(10)18)6-11(16)15(21)22-8-12(17)14(19)20;;/h2-5,7,11-12H,6,8,16-17H2,1H3,(H,19,20);2*1H/t11-,12+;;/m1../s1. The SMILES string of the molecule is Cl.Cl.Cn1cc(C[C@@H](N)C(=O)OC[C@H](N)C(=O)O)c2ccccc21. The van der Waals surface area contributed by atoms with E-state index in [4.69, 9.17) is 21.3 Å². The number of hydrogen-bond acceptors (Lipinski definition) is 5. The van der Waals surface area contributed by atoms with Gasteiger partial charge in [0.25, 0.3) is 0 Å². The number of esters is 1. The van der Waals surface area contributed by atoms with Gasteiger partial charge >= 0.3 is 11.9 Å². The molecule has 2 atom stereocenters. The highest BCUT2D eigenvalue weighted by atomic mass is 35.5. The number of rotatable bonds is 6. The lowest BCUT2D eigenvalue weighted by molar-refractivity contribution is -0.149. The molecule has 0 saturated carbocycles. The average molecular weight is 378 g/mol. The monoisotopic (exact) mass is 377 g/mol. The molecular formula is C15H21Cl2N3O4. The van der Waals surface area contributed by atoms with Gasteiger partial charge in [-0.15, -0.1) is 24.8 Å². The summed E-state index contributed by atoms with van der Waals surface area (Å²) in [5.41, 5.74) is 13.1. The summed E-state index contributed by atoms with van der Waals surface area (Å²) in [5.74, 6) is -1.89. The van der Waals surface area contributed by atoms with Crippen molar-refractivity contribution in [1.82, 2.24) is 4.57 Å². The number of aromatic nitrogens is 1. The molecule has 0 spiro atoms. The van der Waals surface area contributed by atoms with Gasteiger partial charge in [-0.2, -0.15) is 0 Å². The third-order valence-electron chi connectivity index (χ3n) is 3.44. The van der Waals surface area contributed by atoms with Crippen LogP contribution >= 0.6 is 24.8 Å². The molecule has 7 nitrogen and oxygen atoms in total. The molecular weight excluding hydrogens is 357 g/mol. The topological polar surface area (TPSA) is 121 Å². The van der Waals surface area contributed by atoms with Crippen LogP contribution < -0.4 is 11.5 Å². The maximum atomic E-state index is 11.8. The number of aliphatic carboxylic acids is 1. The Bertz CT molecular complexity index is 705. The molecule has 134 valence electrons. The molecule has 2 aromatic rings. The van der Waals surface area contributed by atoms with Gasteiger partial charge in [0, 0.05) is 30.6 Å². The number of carboxylic acids is 1. The molecule has 1 aromatic carbocycles. The smallest absolute Gasteiger partial charge is 0.324 e. The van der Waals surface area contributed by atoms with Crippen LogP contribution in [-0.2, 0) is 27.8 Å². The number of carbonyl (C=O) groups excluding carboxylic acids is 1. The predicted molar refractivity (Wildman–Crippen MR) is 95.7 cm³/mol. The fourth-order valence-corrected chi connectivity index (χ4v) is 2.26. The van der Waals surface area contributed by atoms with Crippen molar-refractivity contribution in [3.05, 3.63) is 36.0 Å². The van der Waals surface area contributed by atoms with Gasteiger partial charge in [0.1, 0.15) is 18.7 Å². The van der Waals surface area contributed by atoms with E-state index in [-0.39, 0.29) is 24.8 Å². The minimum atomic E-state index is -1.24. The van der Waals surface area contributed by atoms with E-state index in [1.807, 2.05) is 42.1 Å². The molecule has 1 aromatic heterocycles. The Morgan fingerprint density at radius 3 is 2.46 bits per heavy atom. The maximum Gasteiger partial charge on any atom is 0.324 e. The summed E-state index contributed by atoms with van der Waals surface area (Å²) in [4.78, 5) is 22.4. The van der Waals surface area contributed by atoms with Gasteiger partial charge in [-0.3, -0.25) is 9.59 Å². The highest BCUT2D eigenvalue weighted by Gasteiger charge is 2.20. The first-order valence-corrected chi connectivity index (χ1v) is 6.83. The summed E-state index contributed by atoms with van der Waals surface area (Å²) in [6.07, 6.45) is 2.23. The van der Waals surface area contributed by atoms with Crippen molar-refractivity contribution in [3.8, 4) is 0 Å². The molecule has 0 saturated heterocycles. The number of carboxylic acid groups (broad SMARTS) is 1. The van der Waals surface area contributed by atoms with Gasteiger partial charge in [0.15, 0.2) is 0 Å². The first-order chi connectivity index (χ1) is 10.4. The molecule has 24 heavy (non-hydrogen) atoms. The third kappa shape index (κ3) is 5.10. The maximum absolute atomic E-state index is 11.8. The van der Waals surface area contributed by atoms with E-state index in [0.717, 1.165) is 16.5 Å². The summed E-state index contributed by atoms with van der Waals surface area (Å²) < 4.78 is 6.80. The Hall–Kier alpha value is -1.80. The quantitative estimate of drug-likeness (QED) is 0.641. The van der Waals surface area contributed by atoms with Crippen LogP contribution in [0, 0.1) is 0 Å². The third-order valence-corrected chi connectivity index (χ3v) is 3.44. The molecule has 0 amide bonds. The molecule has 0 aliphatic rings. The first kappa shape index (κ1) is 22.2. The van der Waals surface area contributed by atoms with Crippen molar-refractivity contribution in [2.24, 2.45) is 18.5 Å². The van der Waals surface area contributed by atoms with E-state index in [1.165, 1.54) is 0 Å². The summed E-state index contributed by atoms with van der Waals surface area (Å²) in [5, 5.41) is 9.66. The van der Waals surface area contributed by atoms with E-state index in [0.29, 0.717) is 6.42 Å². The number of carbonyl (C=O) groups is 2. The second-order valence-corrected chi connectivity index (χ2v) is 5.17. The van der Waals surface area contributed by atoms with Crippen LogP contribution in [0.2, 0.25) is 0 Å². The molecule has 9 heteroatoms. The number of ether oxygens (including phenoxy) is 1. The fraction of sp³-hybridized carbons (Fsp3) is 0.333. The van der Waals surface area contributed by atoms with Gasteiger partial charge in [0.05, 0.1) is 0 Å². The van der Waals surface area contributed by atoms with Crippen LogP contribution in [-0.4, -0.2) is 40.3 Å². The van der Waals surface area contributed by atoms with Gasteiger partial charge < -0.3 is 25.9 Å². The van der Waals surface area contributed by atoms with E-state index >= 15 is 0 Å². The molecule has 0 aliphatic heterocycles. The number of para-hydroxylation sites is 1. The number of aryl methyl sites for hydroxylation is 1. The molecule has 0 fully saturated rings. The van der Waals surface area contributed by atoms with Gasteiger partial charge in [-0.25, -0.2) is 0 Å². The molecule has 0 unspecified atom stereocenters. The van der Waals surface area contributed by atoms with Crippen molar-refractivity contribution in [2.45, 2.75) is 18.5 Å². The fourth-order valence-electron chi connectivity index (χ4n) is 2.26. The Balaban J connectivity index is 0.00000264. The highest BCUT2D eigenvalue weighted by molar-refractivity contribution is 5.86. The largest absolute Gasteiger partial charge is 0.480 e. The second kappa shape index (κ2) is 9.48. The van der Waals surface area contributed by atoms with Crippen LogP contribution in [0.5, 0.6) is 0 Å². The number of fused-ring (bicyclic) bond motifs is 1. The number of nitrogens with zero attached hydrogens (tertiary/aromatic N) is 1. The van der Waals surface area contributed by atoms with Crippen molar-refractivity contribution in [2.75, 3.05) is 6.61 Å².